The summed E-state index contributed by atoms with van der Waals surface area (Å²) in [5, 5.41) is 0. The van der Waals surface area contributed by atoms with Gasteiger partial charge < -0.3 is 9.80 Å². The maximum absolute atomic E-state index is 12.4. The van der Waals surface area contributed by atoms with Crippen LogP contribution in [-0.4, -0.2) is 48.9 Å². The van der Waals surface area contributed by atoms with Crippen LogP contribution in [0.25, 0.3) is 0 Å². The van der Waals surface area contributed by atoms with Crippen LogP contribution in [-0.2, 0) is 0 Å². The van der Waals surface area contributed by atoms with E-state index < -0.39 is 0 Å². The van der Waals surface area contributed by atoms with Crippen LogP contribution in [0.15, 0.2) is 22.7 Å². The van der Waals surface area contributed by atoms with Crippen molar-refractivity contribution in [3.05, 3.63) is 31.8 Å². The van der Waals surface area contributed by atoms with E-state index in [2.05, 4.69) is 43.4 Å². The summed E-state index contributed by atoms with van der Waals surface area (Å²) in [6.45, 7) is 4.13. The molecule has 1 saturated heterocycles. The van der Waals surface area contributed by atoms with E-state index in [0.717, 1.165) is 26.7 Å². The number of nitrogens with zero attached hydrogens (tertiary/aromatic N) is 2. The Morgan fingerprint density at radius 2 is 2.11 bits per heavy atom. The van der Waals surface area contributed by atoms with Gasteiger partial charge in [0.1, 0.15) is 0 Å². The first kappa shape index (κ1) is 15.3. The Kier molecular flexibility index (Phi) is 5.65. The number of likely N-dealkylation sites (tertiary alicyclic amines) is 1. The van der Waals surface area contributed by atoms with Crippen molar-refractivity contribution in [2.75, 3.05) is 33.2 Å². The lowest BCUT2D eigenvalue weighted by Gasteiger charge is -2.22. The van der Waals surface area contributed by atoms with E-state index >= 15 is 0 Å². The van der Waals surface area contributed by atoms with Crippen molar-refractivity contribution in [1.29, 1.82) is 0 Å². The lowest BCUT2D eigenvalue weighted by atomic mass is 10.2. The Morgan fingerprint density at radius 1 is 1.42 bits per heavy atom. The van der Waals surface area contributed by atoms with E-state index in [0.29, 0.717) is 0 Å². The molecule has 1 aliphatic rings. The van der Waals surface area contributed by atoms with Crippen molar-refractivity contribution in [3.8, 4) is 0 Å². The van der Waals surface area contributed by atoms with E-state index in [1.54, 1.807) is 0 Å². The smallest absolute Gasteiger partial charge is 0.254 e. The molecule has 0 radical (unpaired) electrons. The predicted octanol–water partition coefficient (Wildman–Crippen LogP) is 3.22. The number of amides is 1. The summed E-state index contributed by atoms with van der Waals surface area (Å²) in [6, 6.07) is 5.82. The summed E-state index contributed by atoms with van der Waals surface area (Å²) >= 11 is 5.64. The molecule has 0 saturated carbocycles. The molecule has 19 heavy (non-hydrogen) atoms. The molecule has 1 amide bonds. The van der Waals surface area contributed by atoms with Crippen molar-refractivity contribution in [2.24, 2.45) is 0 Å². The minimum Gasteiger partial charge on any atom is -0.340 e. The molecule has 0 N–H and O–H groups in total. The number of carbonyl (C=O) groups is 1. The number of likely N-dealkylation sites (N-methyl/N-ethyl adjacent to an activating group) is 1. The first-order chi connectivity index (χ1) is 9.08. The van der Waals surface area contributed by atoms with Crippen molar-refractivity contribution < 1.29 is 4.79 Å². The molecule has 1 aromatic rings. The first-order valence-electron chi connectivity index (χ1n) is 6.51. The molecule has 1 aromatic carbocycles. The number of benzene rings is 1. The van der Waals surface area contributed by atoms with Gasteiger partial charge >= 0.3 is 0 Å². The van der Waals surface area contributed by atoms with Crippen LogP contribution in [0.5, 0.6) is 0 Å². The standard InChI is InChI=1S/C14H18BrIN2O/c1-17(8-9-18-6-2-3-7-18)14(19)12-10-11(15)4-5-13(12)16/h4-5,10H,2-3,6-9H2,1H3. The van der Waals surface area contributed by atoms with E-state index in [9.17, 15) is 4.79 Å². The van der Waals surface area contributed by atoms with Crippen LogP contribution >= 0.6 is 38.5 Å². The van der Waals surface area contributed by atoms with Gasteiger partial charge in [0, 0.05) is 28.2 Å². The Balaban J connectivity index is 1.95. The van der Waals surface area contributed by atoms with Crippen LogP contribution in [0.2, 0.25) is 0 Å². The van der Waals surface area contributed by atoms with Gasteiger partial charge in [0.25, 0.3) is 5.91 Å². The molecule has 3 nitrogen and oxygen atoms in total. The average molecular weight is 437 g/mol. The molecule has 1 aliphatic heterocycles. The molecule has 0 bridgehead atoms. The zero-order valence-electron chi connectivity index (χ0n) is 11.0. The minimum absolute atomic E-state index is 0.102. The molecule has 5 heteroatoms. The molecule has 1 fully saturated rings. The molecule has 0 aliphatic carbocycles. The second kappa shape index (κ2) is 7.04. The second-order valence-corrected chi connectivity index (χ2v) is 6.98. The molecule has 0 unspecified atom stereocenters. The van der Waals surface area contributed by atoms with Crippen molar-refractivity contribution in [2.45, 2.75) is 12.8 Å². The second-order valence-electron chi connectivity index (χ2n) is 4.90. The lowest BCUT2D eigenvalue weighted by molar-refractivity contribution is 0.0781. The Labute approximate surface area is 136 Å². The van der Waals surface area contributed by atoms with Gasteiger partial charge in [-0.15, -0.1) is 0 Å². The number of rotatable bonds is 4. The fraction of sp³-hybridized carbons (Fsp3) is 0.500. The van der Waals surface area contributed by atoms with E-state index in [4.69, 9.17) is 0 Å². The van der Waals surface area contributed by atoms with Gasteiger partial charge in [-0.05, 0) is 66.7 Å². The van der Waals surface area contributed by atoms with E-state index in [-0.39, 0.29) is 5.91 Å². The molecule has 0 atom stereocenters. The van der Waals surface area contributed by atoms with Gasteiger partial charge in [-0.2, -0.15) is 0 Å². The third kappa shape index (κ3) is 4.16. The lowest BCUT2D eigenvalue weighted by Crippen LogP contribution is -2.35. The molecule has 104 valence electrons. The summed E-state index contributed by atoms with van der Waals surface area (Å²) < 4.78 is 1.95. The summed E-state index contributed by atoms with van der Waals surface area (Å²) in [6.07, 6.45) is 2.59. The summed E-state index contributed by atoms with van der Waals surface area (Å²) in [4.78, 5) is 16.7. The summed E-state index contributed by atoms with van der Waals surface area (Å²) in [5.41, 5.74) is 0.777. The fourth-order valence-electron chi connectivity index (χ4n) is 2.27. The first-order valence-corrected chi connectivity index (χ1v) is 8.38. The van der Waals surface area contributed by atoms with Gasteiger partial charge in [0.2, 0.25) is 0 Å². The molecule has 0 aromatic heterocycles. The largest absolute Gasteiger partial charge is 0.340 e. The number of halogens is 2. The number of hydrogen-bond donors (Lipinski definition) is 0. The Bertz CT molecular complexity index is 461. The maximum atomic E-state index is 12.4. The highest BCUT2D eigenvalue weighted by Gasteiger charge is 2.17. The zero-order chi connectivity index (χ0) is 13.8. The highest BCUT2D eigenvalue weighted by molar-refractivity contribution is 14.1. The van der Waals surface area contributed by atoms with Crippen LogP contribution in [0, 0.1) is 3.57 Å². The average Bonchev–Trinajstić information content (AvgIpc) is 2.91. The maximum Gasteiger partial charge on any atom is 0.254 e. The normalized spacial score (nSPS) is 15.7. The van der Waals surface area contributed by atoms with Crippen LogP contribution in [0.3, 0.4) is 0 Å². The van der Waals surface area contributed by atoms with Gasteiger partial charge in [-0.25, -0.2) is 0 Å². The zero-order valence-corrected chi connectivity index (χ0v) is 14.8. The minimum atomic E-state index is 0.102. The third-order valence-electron chi connectivity index (χ3n) is 3.46. The molecular weight excluding hydrogens is 419 g/mol. The molecule has 2 rings (SSSR count). The third-order valence-corrected chi connectivity index (χ3v) is 4.89. The van der Waals surface area contributed by atoms with Crippen LogP contribution in [0.4, 0.5) is 0 Å². The van der Waals surface area contributed by atoms with E-state index in [1.807, 2.05) is 30.1 Å². The summed E-state index contributed by atoms with van der Waals surface area (Å²) in [7, 11) is 1.88. The van der Waals surface area contributed by atoms with Crippen molar-refractivity contribution in [3.63, 3.8) is 0 Å². The van der Waals surface area contributed by atoms with Crippen LogP contribution < -0.4 is 0 Å². The number of carbonyl (C=O) groups excluding carboxylic acids is 1. The van der Waals surface area contributed by atoms with Gasteiger partial charge in [-0.1, -0.05) is 15.9 Å². The monoisotopic (exact) mass is 436 g/mol. The molecular formula is C14H18BrIN2O. The predicted molar refractivity (Wildman–Crippen MR) is 89.5 cm³/mol. The fourth-order valence-corrected chi connectivity index (χ4v) is 3.19. The van der Waals surface area contributed by atoms with Crippen LogP contribution in [0.1, 0.15) is 23.2 Å². The molecule has 1 heterocycles. The van der Waals surface area contributed by atoms with Crippen molar-refractivity contribution >= 4 is 44.4 Å². The SMILES string of the molecule is CN(CCN1CCCC1)C(=O)c1cc(Br)ccc1I. The Hall–Kier alpha value is -0.140. The summed E-state index contributed by atoms with van der Waals surface area (Å²) in [5.74, 6) is 0.102. The topological polar surface area (TPSA) is 23.6 Å². The van der Waals surface area contributed by atoms with E-state index in [1.165, 1.54) is 25.9 Å². The number of hydrogen-bond acceptors (Lipinski definition) is 2. The molecule has 0 spiro atoms. The highest BCUT2D eigenvalue weighted by Crippen LogP contribution is 2.19. The quantitative estimate of drug-likeness (QED) is 0.676. The highest BCUT2D eigenvalue weighted by atomic mass is 127. The van der Waals surface area contributed by atoms with Gasteiger partial charge in [0.05, 0.1) is 5.56 Å². The van der Waals surface area contributed by atoms with Gasteiger partial charge in [0.15, 0.2) is 0 Å². The Morgan fingerprint density at radius 3 is 2.79 bits per heavy atom. The van der Waals surface area contributed by atoms with Crippen molar-refractivity contribution in [1.82, 2.24) is 9.80 Å². The van der Waals surface area contributed by atoms with Gasteiger partial charge in [-0.3, -0.25) is 4.79 Å².